The van der Waals surface area contributed by atoms with Crippen LogP contribution in [0.25, 0.3) is 0 Å². The first-order valence-corrected chi connectivity index (χ1v) is 7.02. The Balaban J connectivity index is 0.000000686. The first-order valence-electron chi connectivity index (χ1n) is 7.02. The molecule has 0 aromatic carbocycles. The Morgan fingerprint density at radius 1 is 1.41 bits per heavy atom. The van der Waals surface area contributed by atoms with E-state index in [4.69, 9.17) is 4.74 Å². The fourth-order valence-corrected chi connectivity index (χ4v) is 2.29. The van der Waals surface area contributed by atoms with Crippen molar-refractivity contribution in [3.8, 4) is 0 Å². The maximum atomic E-state index is 12.0. The van der Waals surface area contributed by atoms with Gasteiger partial charge in [0.15, 0.2) is 0 Å². The zero-order valence-corrected chi connectivity index (χ0v) is 11.7. The van der Waals surface area contributed by atoms with E-state index in [9.17, 15) is 4.79 Å². The molecule has 0 aromatic heterocycles. The number of hydrogen-bond donors (Lipinski definition) is 1. The van der Waals surface area contributed by atoms with Crippen molar-refractivity contribution in [2.24, 2.45) is 5.92 Å². The van der Waals surface area contributed by atoms with Gasteiger partial charge in [0.05, 0.1) is 0 Å². The molecule has 1 atom stereocenters. The summed E-state index contributed by atoms with van der Waals surface area (Å²) >= 11 is 0. The highest BCUT2D eigenvalue weighted by molar-refractivity contribution is 5.86. The van der Waals surface area contributed by atoms with Gasteiger partial charge in [0.25, 0.3) is 5.91 Å². The van der Waals surface area contributed by atoms with Crippen LogP contribution >= 0.6 is 0 Å². The van der Waals surface area contributed by atoms with Gasteiger partial charge in [0, 0.05) is 13.2 Å². The molecule has 1 amide bonds. The first-order chi connectivity index (χ1) is 8.16. The van der Waals surface area contributed by atoms with Crippen LogP contribution < -0.4 is 5.32 Å². The Labute approximate surface area is 105 Å². The number of amides is 1. The molecule has 0 aliphatic heterocycles. The lowest BCUT2D eigenvalue weighted by Gasteiger charge is -2.39. The van der Waals surface area contributed by atoms with Gasteiger partial charge in [-0.05, 0) is 38.5 Å². The molecule has 2 aliphatic carbocycles. The zero-order valence-electron chi connectivity index (χ0n) is 11.7. The number of methoxy groups -OCH3 is 1. The maximum absolute atomic E-state index is 12.0. The van der Waals surface area contributed by atoms with E-state index in [1.807, 2.05) is 13.8 Å². The Morgan fingerprint density at radius 2 is 2.00 bits per heavy atom. The van der Waals surface area contributed by atoms with Crippen molar-refractivity contribution in [1.82, 2.24) is 5.32 Å². The predicted molar refractivity (Wildman–Crippen MR) is 69.9 cm³/mol. The SMILES string of the molecule is CC.COC1(C(=O)NC(C)CC2CC2)CCC1. The number of ether oxygens (including phenoxy) is 1. The van der Waals surface area contributed by atoms with Crippen molar-refractivity contribution < 1.29 is 9.53 Å². The van der Waals surface area contributed by atoms with Gasteiger partial charge in [-0.2, -0.15) is 0 Å². The van der Waals surface area contributed by atoms with Crippen molar-refractivity contribution in [3.63, 3.8) is 0 Å². The molecule has 100 valence electrons. The van der Waals surface area contributed by atoms with Crippen LogP contribution in [0.4, 0.5) is 0 Å². The second kappa shape index (κ2) is 6.39. The van der Waals surface area contributed by atoms with Crippen LogP contribution in [0.15, 0.2) is 0 Å². The van der Waals surface area contributed by atoms with Crippen molar-refractivity contribution in [3.05, 3.63) is 0 Å². The highest BCUT2D eigenvalue weighted by atomic mass is 16.5. The van der Waals surface area contributed by atoms with E-state index in [1.165, 1.54) is 12.8 Å². The maximum Gasteiger partial charge on any atom is 0.252 e. The monoisotopic (exact) mass is 241 g/mol. The summed E-state index contributed by atoms with van der Waals surface area (Å²) in [6, 6.07) is 0.303. The Morgan fingerprint density at radius 3 is 2.35 bits per heavy atom. The fraction of sp³-hybridized carbons (Fsp3) is 0.929. The van der Waals surface area contributed by atoms with Gasteiger partial charge >= 0.3 is 0 Å². The van der Waals surface area contributed by atoms with Crippen LogP contribution in [-0.2, 0) is 9.53 Å². The van der Waals surface area contributed by atoms with Crippen molar-refractivity contribution in [2.45, 2.75) is 70.9 Å². The summed E-state index contributed by atoms with van der Waals surface area (Å²) in [5.74, 6) is 0.963. The van der Waals surface area contributed by atoms with Crippen molar-refractivity contribution in [2.75, 3.05) is 7.11 Å². The summed E-state index contributed by atoms with van der Waals surface area (Å²) in [6.45, 7) is 6.10. The summed E-state index contributed by atoms with van der Waals surface area (Å²) in [4.78, 5) is 12.0. The summed E-state index contributed by atoms with van der Waals surface area (Å²) in [5.41, 5.74) is -0.488. The molecule has 2 aliphatic rings. The van der Waals surface area contributed by atoms with Crippen LogP contribution in [0.5, 0.6) is 0 Å². The van der Waals surface area contributed by atoms with Gasteiger partial charge in [-0.15, -0.1) is 0 Å². The minimum absolute atomic E-state index is 0.101. The summed E-state index contributed by atoms with van der Waals surface area (Å²) in [5, 5.41) is 3.08. The number of carbonyl (C=O) groups excluding carboxylic acids is 1. The molecular formula is C14H27NO2. The molecule has 2 fully saturated rings. The van der Waals surface area contributed by atoms with Crippen LogP contribution in [0.3, 0.4) is 0 Å². The molecule has 0 spiro atoms. The average Bonchev–Trinajstić information content (AvgIpc) is 3.03. The molecule has 0 heterocycles. The topological polar surface area (TPSA) is 38.3 Å². The Hall–Kier alpha value is -0.570. The summed E-state index contributed by atoms with van der Waals surface area (Å²) in [7, 11) is 1.64. The number of hydrogen-bond acceptors (Lipinski definition) is 2. The highest BCUT2D eigenvalue weighted by Crippen LogP contribution is 2.36. The predicted octanol–water partition coefficient (Wildman–Crippen LogP) is 2.89. The molecule has 0 saturated heterocycles. The van der Waals surface area contributed by atoms with Crippen LogP contribution in [0, 0.1) is 5.92 Å². The molecule has 3 nitrogen and oxygen atoms in total. The van der Waals surface area contributed by atoms with Gasteiger partial charge in [-0.25, -0.2) is 0 Å². The standard InChI is InChI=1S/C12H21NO2.C2H6/c1-9(8-10-4-5-10)13-11(14)12(15-2)6-3-7-12;1-2/h9-10H,3-8H2,1-2H3,(H,13,14);1-2H3. The molecule has 1 unspecified atom stereocenters. The van der Waals surface area contributed by atoms with Crippen molar-refractivity contribution >= 4 is 5.91 Å². The third-order valence-corrected chi connectivity index (χ3v) is 3.73. The van der Waals surface area contributed by atoms with Crippen LogP contribution in [0.2, 0.25) is 0 Å². The fourth-order valence-electron chi connectivity index (χ4n) is 2.29. The first kappa shape index (κ1) is 14.5. The van der Waals surface area contributed by atoms with E-state index in [0.717, 1.165) is 31.6 Å². The quantitative estimate of drug-likeness (QED) is 0.803. The second-order valence-electron chi connectivity index (χ2n) is 5.11. The van der Waals surface area contributed by atoms with E-state index in [-0.39, 0.29) is 5.91 Å². The molecule has 1 N–H and O–H groups in total. The third kappa shape index (κ3) is 3.70. The molecular weight excluding hydrogens is 214 g/mol. The van der Waals surface area contributed by atoms with Crippen LogP contribution in [0.1, 0.15) is 59.3 Å². The Kier molecular flexibility index (Phi) is 5.44. The lowest BCUT2D eigenvalue weighted by molar-refractivity contribution is -0.155. The normalized spacial score (nSPS) is 22.8. The smallest absolute Gasteiger partial charge is 0.252 e. The lowest BCUT2D eigenvalue weighted by Crippen LogP contribution is -2.55. The zero-order chi connectivity index (χ0) is 12.9. The van der Waals surface area contributed by atoms with Crippen LogP contribution in [-0.4, -0.2) is 24.7 Å². The number of carbonyl (C=O) groups is 1. The third-order valence-electron chi connectivity index (χ3n) is 3.73. The van der Waals surface area contributed by atoms with Gasteiger partial charge in [0.2, 0.25) is 0 Å². The molecule has 0 radical (unpaired) electrons. The van der Waals surface area contributed by atoms with Gasteiger partial charge in [-0.1, -0.05) is 26.7 Å². The minimum Gasteiger partial charge on any atom is -0.368 e. The molecule has 0 bridgehead atoms. The van der Waals surface area contributed by atoms with E-state index in [2.05, 4.69) is 12.2 Å². The lowest BCUT2D eigenvalue weighted by atomic mass is 9.79. The summed E-state index contributed by atoms with van der Waals surface area (Å²) in [6.07, 6.45) is 6.69. The highest BCUT2D eigenvalue weighted by Gasteiger charge is 2.44. The van der Waals surface area contributed by atoms with E-state index < -0.39 is 5.60 Å². The largest absolute Gasteiger partial charge is 0.368 e. The minimum atomic E-state index is -0.488. The number of rotatable bonds is 5. The van der Waals surface area contributed by atoms with Gasteiger partial charge in [-0.3, -0.25) is 4.79 Å². The molecule has 2 saturated carbocycles. The number of nitrogens with one attached hydrogen (secondary N) is 1. The van der Waals surface area contributed by atoms with E-state index in [1.54, 1.807) is 7.11 Å². The molecule has 2 rings (SSSR count). The molecule has 0 aromatic rings. The van der Waals surface area contributed by atoms with E-state index in [0.29, 0.717) is 6.04 Å². The van der Waals surface area contributed by atoms with E-state index >= 15 is 0 Å². The second-order valence-corrected chi connectivity index (χ2v) is 5.11. The Bertz CT molecular complexity index is 239. The van der Waals surface area contributed by atoms with Crippen molar-refractivity contribution in [1.29, 1.82) is 0 Å². The average molecular weight is 241 g/mol. The molecule has 17 heavy (non-hydrogen) atoms. The summed E-state index contributed by atoms with van der Waals surface area (Å²) < 4.78 is 5.35. The van der Waals surface area contributed by atoms with Gasteiger partial charge in [0.1, 0.15) is 5.60 Å². The van der Waals surface area contributed by atoms with Gasteiger partial charge < -0.3 is 10.1 Å². The molecule has 3 heteroatoms.